The van der Waals surface area contributed by atoms with Crippen LogP contribution in [0.15, 0.2) is 168 Å². The highest BCUT2D eigenvalue weighted by molar-refractivity contribution is 6.91. The molecule has 0 N–H and O–H groups in total. The molecule has 4 heteroatoms. The van der Waals surface area contributed by atoms with Gasteiger partial charge < -0.3 is 13.3 Å². The van der Waals surface area contributed by atoms with Crippen molar-refractivity contribution in [2.75, 3.05) is 0 Å². The number of hydrogen-bond donors (Lipinski definition) is 0. The van der Waals surface area contributed by atoms with E-state index in [2.05, 4.69) is 173 Å². The van der Waals surface area contributed by atoms with Gasteiger partial charge in [-0.15, -0.1) is 0 Å². The summed E-state index contributed by atoms with van der Waals surface area (Å²) in [5, 5.41) is 12.6. The van der Waals surface area contributed by atoms with Crippen LogP contribution in [0, 0.1) is 0 Å². The molecule has 0 saturated heterocycles. The zero-order valence-corrected chi connectivity index (χ0v) is 30.0. The molecule has 4 aromatic heterocycles. The monoisotopic (exact) mass is 706 g/mol. The van der Waals surface area contributed by atoms with Gasteiger partial charge in [-0.3, -0.25) is 0 Å². The van der Waals surface area contributed by atoms with E-state index < -0.39 is 0 Å². The molecule has 0 spiro atoms. The Hall–Kier alpha value is -7.30. The molecule has 2 aliphatic heterocycles. The minimum absolute atomic E-state index is 0.0570. The Labute approximate surface area is 319 Å². The van der Waals surface area contributed by atoms with Gasteiger partial charge in [0.05, 0.1) is 21.9 Å². The third-order valence-corrected chi connectivity index (χ3v) is 13.3. The van der Waals surface area contributed by atoms with E-state index in [1.165, 1.54) is 126 Å². The first-order chi connectivity index (χ1) is 27.8. The molecule has 0 aliphatic carbocycles. The van der Waals surface area contributed by atoms with Crippen LogP contribution in [-0.4, -0.2) is 15.7 Å². The molecule has 9 aromatic carbocycles. The number of rotatable bonds is 2. The van der Waals surface area contributed by atoms with Gasteiger partial charge in [-0.1, -0.05) is 133 Å². The highest BCUT2D eigenvalue weighted by Crippen LogP contribution is 2.52. The fourth-order valence-corrected chi connectivity index (χ4v) is 11.3. The van der Waals surface area contributed by atoms with Crippen molar-refractivity contribution in [3.8, 4) is 33.4 Å². The molecule has 13 aromatic rings. The molecule has 0 bridgehead atoms. The number of hydrogen-bond acceptors (Lipinski definition) is 1. The maximum Gasteiger partial charge on any atom is 0.333 e. The average molecular weight is 707 g/mol. The van der Waals surface area contributed by atoms with E-state index in [9.17, 15) is 0 Å². The van der Waals surface area contributed by atoms with Gasteiger partial charge in [-0.25, -0.2) is 0 Å². The number of benzene rings is 9. The van der Waals surface area contributed by atoms with E-state index in [0.29, 0.717) is 0 Å². The van der Waals surface area contributed by atoms with Crippen LogP contribution in [0.1, 0.15) is 0 Å². The van der Waals surface area contributed by atoms with E-state index >= 15 is 0 Å². The highest BCUT2D eigenvalue weighted by Gasteiger charge is 2.44. The average Bonchev–Trinajstić information content (AvgIpc) is 4.01. The summed E-state index contributed by atoms with van der Waals surface area (Å²) in [5.41, 5.74) is 18.6. The number of nitrogens with zero attached hydrogens (tertiary/aromatic N) is 2. The summed E-state index contributed by atoms with van der Waals surface area (Å²) in [5.74, 6) is 0. The second kappa shape index (κ2) is 9.49. The Morgan fingerprint density at radius 2 is 1.11 bits per heavy atom. The largest absolute Gasteiger partial charge is 0.455 e. The van der Waals surface area contributed by atoms with Crippen molar-refractivity contribution in [2.45, 2.75) is 0 Å². The van der Waals surface area contributed by atoms with Crippen molar-refractivity contribution in [1.29, 1.82) is 0 Å². The zero-order valence-electron chi connectivity index (χ0n) is 30.0. The smallest absolute Gasteiger partial charge is 0.333 e. The van der Waals surface area contributed by atoms with Gasteiger partial charge in [0.25, 0.3) is 0 Å². The fraction of sp³-hybridized carbons (Fsp3) is 0. The molecule has 15 rings (SSSR count). The Morgan fingerprint density at radius 3 is 1.93 bits per heavy atom. The number of fused-ring (bicyclic) bond motifs is 15. The summed E-state index contributed by atoms with van der Waals surface area (Å²) in [6, 6.07) is 60.9. The van der Waals surface area contributed by atoms with Gasteiger partial charge in [0.15, 0.2) is 0 Å². The van der Waals surface area contributed by atoms with Gasteiger partial charge in [0, 0.05) is 54.3 Å². The van der Waals surface area contributed by atoms with Crippen LogP contribution in [0.25, 0.3) is 126 Å². The third kappa shape index (κ3) is 3.09. The fourth-order valence-electron chi connectivity index (χ4n) is 11.3. The topological polar surface area (TPSA) is 22.5 Å². The van der Waals surface area contributed by atoms with E-state index in [4.69, 9.17) is 4.42 Å². The summed E-state index contributed by atoms with van der Waals surface area (Å²) in [4.78, 5) is 0. The quantitative estimate of drug-likeness (QED) is 0.164. The second-order valence-electron chi connectivity index (χ2n) is 15.9. The summed E-state index contributed by atoms with van der Waals surface area (Å²) < 4.78 is 12.5. The maximum atomic E-state index is 7.12. The molecule has 0 radical (unpaired) electrons. The molecule has 0 saturated carbocycles. The Kier molecular flexibility index (Phi) is 4.78. The molecular weight excluding hydrogens is 679 g/mol. The van der Waals surface area contributed by atoms with Crippen LogP contribution in [-0.2, 0) is 0 Å². The zero-order chi connectivity index (χ0) is 36.0. The van der Waals surface area contributed by atoms with E-state index in [-0.39, 0.29) is 6.85 Å². The standard InChI is InChI=1S/C52H27BN2O/c1-3-12-28(13-4-1)31-24-37-38-25-32(29-14-5-2-6-15-29)27-40-50(38)54-48(37)39(26-31)46-51(54)47-44(45-34-18-9-10-21-42(34)56-52(45)46)36-20-11-19-35-43-33-17-8-7-16-30(33)22-23-41(43)55(49(35)36)53(40)47/h1-27H. The summed E-state index contributed by atoms with van der Waals surface area (Å²) in [7, 11) is 0. The van der Waals surface area contributed by atoms with Crippen LogP contribution in [0.3, 0.4) is 0 Å². The molecule has 3 nitrogen and oxygen atoms in total. The Bertz CT molecular complexity index is 3920. The molecule has 0 amide bonds. The van der Waals surface area contributed by atoms with Crippen molar-refractivity contribution in [1.82, 2.24) is 8.88 Å². The normalized spacial score (nSPS) is 13.3. The molecule has 0 fully saturated rings. The Morgan fingerprint density at radius 1 is 0.429 bits per heavy atom. The van der Waals surface area contributed by atoms with Crippen LogP contribution >= 0.6 is 0 Å². The van der Waals surface area contributed by atoms with Crippen LogP contribution in [0.4, 0.5) is 0 Å². The number of furan rings is 1. The molecule has 56 heavy (non-hydrogen) atoms. The molecule has 0 atom stereocenters. The molecular formula is C52H27BN2O. The summed E-state index contributed by atoms with van der Waals surface area (Å²) >= 11 is 0. The molecule has 6 heterocycles. The van der Waals surface area contributed by atoms with Gasteiger partial charge in [-0.05, 0) is 79.8 Å². The van der Waals surface area contributed by atoms with Crippen LogP contribution in [0.2, 0.25) is 0 Å². The van der Waals surface area contributed by atoms with Gasteiger partial charge in [-0.2, -0.15) is 0 Å². The first kappa shape index (κ1) is 28.2. The van der Waals surface area contributed by atoms with Gasteiger partial charge in [0.2, 0.25) is 0 Å². The predicted molar refractivity (Wildman–Crippen MR) is 236 cm³/mol. The summed E-state index contributed by atoms with van der Waals surface area (Å²) in [6.07, 6.45) is 0. The second-order valence-corrected chi connectivity index (χ2v) is 15.9. The lowest BCUT2D eigenvalue weighted by Gasteiger charge is -2.32. The Balaban J connectivity index is 1.26. The number of para-hydroxylation sites is 2. The number of aromatic nitrogens is 2. The van der Waals surface area contributed by atoms with Crippen LogP contribution in [0.5, 0.6) is 0 Å². The van der Waals surface area contributed by atoms with Crippen LogP contribution < -0.4 is 10.9 Å². The van der Waals surface area contributed by atoms with Crippen molar-refractivity contribution < 1.29 is 4.42 Å². The van der Waals surface area contributed by atoms with Gasteiger partial charge in [0.1, 0.15) is 11.2 Å². The van der Waals surface area contributed by atoms with E-state index in [1.807, 2.05) is 0 Å². The minimum atomic E-state index is -0.0570. The lowest BCUT2D eigenvalue weighted by atomic mass is 9.45. The first-order valence-corrected chi connectivity index (χ1v) is 19.6. The van der Waals surface area contributed by atoms with Crippen molar-refractivity contribution in [3.63, 3.8) is 0 Å². The maximum absolute atomic E-state index is 7.12. The van der Waals surface area contributed by atoms with E-state index in [1.54, 1.807) is 0 Å². The molecule has 0 unspecified atom stereocenters. The molecule has 254 valence electrons. The van der Waals surface area contributed by atoms with Gasteiger partial charge >= 0.3 is 6.85 Å². The highest BCUT2D eigenvalue weighted by atomic mass is 16.3. The van der Waals surface area contributed by atoms with Crippen molar-refractivity contribution in [2.24, 2.45) is 0 Å². The van der Waals surface area contributed by atoms with E-state index in [0.717, 1.165) is 11.2 Å². The third-order valence-electron chi connectivity index (χ3n) is 13.3. The molecule has 2 aliphatic rings. The first-order valence-electron chi connectivity index (χ1n) is 19.6. The SMILES string of the molecule is c1ccc(-c2cc3c4c(c2)c2cc(-c5ccccc5)cc5c6c7oc8ccccc8c7c7c(c6n4c25)B3n2c3ccc4ccccc4c3c3cccc-7c32)cc1. The predicted octanol–water partition coefficient (Wildman–Crippen LogP) is 12.3. The summed E-state index contributed by atoms with van der Waals surface area (Å²) in [6.45, 7) is -0.0570. The lowest BCUT2D eigenvalue weighted by molar-refractivity contribution is 0.673. The minimum Gasteiger partial charge on any atom is -0.455 e. The lowest BCUT2D eigenvalue weighted by Crippen LogP contribution is -2.54. The van der Waals surface area contributed by atoms with Crippen molar-refractivity contribution >= 4 is 110 Å². The van der Waals surface area contributed by atoms with Crippen molar-refractivity contribution in [3.05, 3.63) is 164 Å².